The summed E-state index contributed by atoms with van der Waals surface area (Å²) >= 11 is 5.80. The molecule has 15 heavy (non-hydrogen) atoms. The molecule has 0 fully saturated rings. The number of halogens is 1. The lowest BCUT2D eigenvalue weighted by Gasteiger charge is -2.09. The van der Waals surface area contributed by atoms with E-state index in [2.05, 4.69) is 5.32 Å². The Morgan fingerprint density at radius 2 is 2.33 bits per heavy atom. The van der Waals surface area contributed by atoms with Gasteiger partial charge in [0.05, 0.1) is 0 Å². The van der Waals surface area contributed by atoms with Crippen molar-refractivity contribution >= 4 is 17.5 Å². The highest BCUT2D eigenvalue weighted by Gasteiger charge is 2.05. The van der Waals surface area contributed by atoms with Crippen LogP contribution in [0.4, 0.5) is 0 Å². The first-order valence-electron chi connectivity index (χ1n) is 4.49. The lowest BCUT2D eigenvalue weighted by molar-refractivity contribution is -0.122. The van der Waals surface area contributed by atoms with E-state index in [0.717, 1.165) is 5.56 Å². The van der Waals surface area contributed by atoms with Gasteiger partial charge >= 0.3 is 0 Å². The molecule has 0 aliphatic rings. The molecule has 1 amide bonds. The van der Waals surface area contributed by atoms with Crippen LogP contribution in [0.3, 0.4) is 0 Å². The number of rotatable bonds is 4. The minimum Gasteiger partial charge on any atom is -0.483 e. The summed E-state index contributed by atoms with van der Waals surface area (Å²) in [5.74, 6) is 0.401. The lowest BCUT2D eigenvalue weighted by Crippen LogP contribution is -2.25. The molecule has 0 bridgehead atoms. The summed E-state index contributed by atoms with van der Waals surface area (Å²) in [5.41, 5.74) is 6.30. The van der Waals surface area contributed by atoms with Crippen molar-refractivity contribution < 1.29 is 9.53 Å². The molecule has 0 radical (unpaired) electrons. The number of amides is 1. The molecule has 0 aromatic heterocycles. The van der Waals surface area contributed by atoms with Crippen LogP contribution in [0.5, 0.6) is 5.75 Å². The average molecular weight is 229 g/mol. The summed E-state index contributed by atoms with van der Waals surface area (Å²) in [4.78, 5) is 11.0. The van der Waals surface area contributed by atoms with Gasteiger partial charge in [-0.3, -0.25) is 4.79 Å². The van der Waals surface area contributed by atoms with Crippen LogP contribution < -0.4 is 15.8 Å². The third-order valence-corrected chi connectivity index (χ3v) is 2.12. The zero-order chi connectivity index (χ0) is 11.3. The molecule has 1 rings (SSSR count). The summed E-state index contributed by atoms with van der Waals surface area (Å²) in [6.45, 7) is 0.300. The molecule has 0 aliphatic heterocycles. The van der Waals surface area contributed by atoms with Crippen molar-refractivity contribution in [2.45, 2.75) is 6.54 Å². The number of nitrogens with two attached hydrogens (primary N) is 1. The highest BCUT2D eigenvalue weighted by atomic mass is 35.5. The molecule has 3 N–H and O–H groups in total. The van der Waals surface area contributed by atoms with Gasteiger partial charge in [-0.25, -0.2) is 0 Å². The van der Waals surface area contributed by atoms with Crippen molar-refractivity contribution in [1.29, 1.82) is 0 Å². The Kier molecular flexibility index (Phi) is 4.39. The smallest absolute Gasteiger partial charge is 0.257 e. The normalized spacial score (nSPS) is 9.80. The number of carbonyl (C=O) groups is 1. The maximum atomic E-state index is 11.0. The first kappa shape index (κ1) is 11.8. The Morgan fingerprint density at radius 3 is 2.93 bits per heavy atom. The lowest BCUT2D eigenvalue weighted by atomic mass is 10.2. The Morgan fingerprint density at radius 1 is 1.60 bits per heavy atom. The van der Waals surface area contributed by atoms with E-state index in [4.69, 9.17) is 22.1 Å². The number of hydrogen-bond acceptors (Lipinski definition) is 3. The average Bonchev–Trinajstić information content (AvgIpc) is 2.26. The second kappa shape index (κ2) is 5.58. The molecule has 1 aromatic carbocycles. The monoisotopic (exact) mass is 228 g/mol. The highest BCUT2D eigenvalue weighted by Crippen LogP contribution is 2.22. The maximum absolute atomic E-state index is 11.0. The van der Waals surface area contributed by atoms with Gasteiger partial charge in [-0.1, -0.05) is 11.6 Å². The predicted octanol–water partition coefficient (Wildman–Crippen LogP) is 0.923. The molecule has 0 spiro atoms. The molecule has 1 aromatic rings. The number of nitrogens with one attached hydrogen (secondary N) is 1. The quantitative estimate of drug-likeness (QED) is 0.806. The summed E-state index contributed by atoms with van der Waals surface area (Å²) < 4.78 is 5.29. The van der Waals surface area contributed by atoms with Crippen LogP contribution in [0.15, 0.2) is 18.2 Å². The summed E-state index contributed by atoms with van der Waals surface area (Å²) in [6.07, 6.45) is 0. The van der Waals surface area contributed by atoms with Gasteiger partial charge < -0.3 is 15.8 Å². The summed E-state index contributed by atoms with van der Waals surface area (Å²) in [7, 11) is 1.55. The second-order valence-electron chi connectivity index (χ2n) is 2.92. The predicted molar refractivity (Wildman–Crippen MR) is 58.9 cm³/mol. The molecular weight excluding hydrogens is 216 g/mol. The molecular formula is C10H13ClN2O2. The van der Waals surface area contributed by atoms with Crippen LogP contribution in [-0.2, 0) is 11.3 Å². The van der Waals surface area contributed by atoms with Gasteiger partial charge in [0, 0.05) is 24.2 Å². The van der Waals surface area contributed by atoms with Crippen molar-refractivity contribution in [3.05, 3.63) is 28.8 Å². The third kappa shape index (κ3) is 3.42. The minimum absolute atomic E-state index is 0.0227. The van der Waals surface area contributed by atoms with E-state index in [1.807, 2.05) is 0 Å². The van der Waals surface area contributed by atoms with Gasteiger partial charge in [0.15, 0.2) is 6.61 Å². The van der Waals surface area contributed by atoms with Gasteiger partial charge in [-0.2, -0.15) is 0 Å². The van der Waals surface area contributed by atoms with Crippen LogP contribution in [0.2, 0.25) is 5.02 Å². The summed E-state index contributed by atoms with van der Waals surface area (Å²) in [5, 5.41) is 3.06. The molecule has 0 unspecified atom stereocenters. The van der Waals surface area contributed by atoms with Crippen molar-refractivity contribution in [3.63, 3.8) is 0 Å². The zero-order valence-corrected chi connectivity index (χ0v) is 9.17. The van der Waals surface area contributed by atoms with E-state index in [1.165, 1.54) is 0 Å². The van der Waals surface area contributed by atoms with Gasteiger partial charge in [-0.15, -0.1) is 0 Å². The molecule has 0 atom stereocenters. The van der Waals surface area contributed by atoms with Crippen molar-refractivity contribution in [2.24, 2.45) is 5.73 Å². The van der Waals surface area contributed by atoms with E-state index < -0.39 is 0 Å². The topological polar surface area (TPSA) is 64.3 Å². The Bertz CT molecular complexity index is 355. The fourth-order valence-electron chi connectivity index (χ4n) is 1.06. The van der Waals surface area contributed by atoms with Crippen LogP contribution >= 0.6 is 11.6 Å². The first-order chi connectivity index (χ1) is 7.17. The second-order valence-corrected chi connectivity index (χ2v) is 3.35. The fraction of sp³-hybridized carbons (Fsp3) is 0.300. The molecule has 0 heterocycles. The molecule has 0 aliphatic carbocycles. The Hall–Kier alpha value is -1.26. The standard InChI is InChI=1S/C10H13ClN2O2/c1-13-10(14)6-15-9-3-2-8(11)4-7(9)5-12/h2-4H,5-6,12H2,1H3,(H,13,14). The van der Waals surface area contributed by atoms with Crippen LogP contribution in [-0.4, -0.2) is 19.6 Å². The van der Waals surface area contributed by atoms with Crippen molar-refractivity contribution in [2.75, 3.05) is 13.7 Å². The van der Waals surface area contributed by atoms with Gasteiger partial charge in [0.2, 0.25) is 0 Å². The van der Waals surface area contributed by atoms with Crippen LogP contribution in [0, 0.1) is 0 Å². The van der Waals surface area contributed by atoms with Gasteiger partial charge in [0.25, 0.3) is 5.91 Å². The van der Waals surface area contributed by atoms with Crippen LogP contribution in [0.25, 0.3) is 0 Å². The Labute approximate surface area is 93.4 Å². The highest BCUT2D eigenvalue weighted by molar-refractivity contribution is 6.30. The SMILES string of the molecule is CNC(=O)COc1ccc(Cl)cc1CN. The Balaban J connectivity index is 2.72. The summed E-state index contributed by atoms with van der Waals surface area (Å²) in [6, 6.07) is 5.12. The number of hydrogen-bond donors (Lipinski definition) is 2. The van der Waals surface area contributed by atoms with E-state index in [0.29, 0.717) is 17.3 Å². The van der Waals surface area contributed by atoms with E-state index in [9.17, 15) is 4.79 Å². The van der Waals surface area contributed by atoms with E-state index in [-0.39, 0.29) is 12.5 Å². The minimum atomic E-state index is -0.187. The van der Waals surface area contributed by atoms with Crippen molar-refractivity contribution in [3.8, 4) is 5.75 Å². The molecule has 4 nitrogen and oxygen atoms in total. The molecule has 0 saturated heterocycles. The maximum Gasteiger partial charge on any atom is 0.257 e. The number of likely N-dealkylation sites (N-methyl/N-ethyl adjacent to an activating group) is 1. The molecule has 0 saturated carbocycles. The molecule has 5 heteroatoms. The van der Waals surface area contributed by atoms with Gasteiger partial charge in [-0.05, 0) is 18.2 Å². The van der Waals surface area contributed by atoms with Crippen LogP contribution in [0.1, 0.15) is 5.56 Å². The molecule has 82 valence electrons. The fourth-order valence-corrected chi connectivity index (χ4v) is 1.26. The first-order valence-corrected chi connectivity index (χ1v) is 4.87. The van der Waals surface area contributed by atoms with E-state index >= 15 is 0 Å². The van der Waals surface area contributed by atoms with E-state index in [1.54, 1.807) is 25.2 Å². The number of carbonyl (C=O) groups excluding carboxylic acids is 1. The largest absolute Gasteiger partial charge is 0.483 e. The van der Waals surface area contributed by atoms with Gasteiger partial charge in [0.1, 0.15) is 5.75 Å². The van der Waals surface area contributed by atoms with Crippen molar-refractivity contribution in [1.82, 2.24) is 5.32 Å². The zero-order valence-electron chi connectivity index (χ0n) is 8.42. The number of ether oxygens (including phenoxy) is 1. The number of benzene rings is 1. The third-order valence-electron chi connectivity index (χ3n) is 1.88.